The Labute approximate surface area is 61.5 Å². The first-order valence-electron chi connectivity index (χ1n) is 3.34. The Morgan fingerprint density at radius 3 is 2.70 bits per heavy atom. The summed E-state index contributed by atoms with van der Waals surface area (Å²) in [6, 6.07) is 0. The van der Waals surface area contributed by atoms with Crippen LogP contribution in [0.25, 0.3) is 0 Å². The maximum Gasteiger partial charge on any atom is 0.0689 e. The van der Waals surface area contributed by atoms with E-state index in [4.69, 9.17) is 0 Å². The van der Waals surface area contributed by atoms with Crippen LogP contribution in [0.15, 0.2) is 33.6 Å². The molecule has 1 nitrogen and oxygen atoms in total. The Hall–Kier alpha value is -1.07. The van der Waals surface area contributed by atoms with E-state index in [1.54, 1.807) is 6.20 Å². The topological polar surface area (TPSA) is 12.4 Å². The predicted octanol–water partition coefficient (Wildman–Crippen LogP) is 2.47. The number of hydrogen-bond acceptors (Lipinski definition) is 1. The normalized spacial score (nSPS) is 17.3. The number of allylic oxidation sites excluding steroid dienone is 3. The van der Waals surface area contributed by atoms with Crippen molar-refractivity contribution < 1.29 is 0 Å². The molecule has 0 atom stereocenters. The van der Waals surface area contributed by atoms with E-state index >= 15 is 0 Å². The van der Waals surface area contributed by atoms with Gasteiger partial charge in [0.15, 0.2) is 0 Å². The maximum absolute atomic E-state index is 4.01. The molecule has 0 amide bonds. The lowest BCUT2D eigenvalue weighted by Gasteiger charge is -1.98. The first-order chi connectivity index (χ1) is 4.72. The largest absolute Gasteiger partial charge is 0.256 e. The zero-order valence-electron chi connectivity index (χ0n) is 6.60. The quantitative estimate of drug-likeness (QED) is 0.450. The van der Waals surface area contributed by atoms with Crippen molar-refractivity contribution in [2.24, 2.45) is 4.99 Å². The van der Waals surface area contributed by atoms with Crippen molar-refractivity contribution in [3.8, 4) is 0 Å². The van der Waals surface area contributed by atoms with Gasteiger partial charge in [-0.1, -0.05) is 5.73 Å². The monoisotopic (exact) mass is 133 g/mol. The Morgan fingerprint density at radius 1 is 1.30 bits per heavy atom. The Morgan fingerprint density at radius 2 is 2.00 bits per heavy atom. The molecule has 0 aromatic carbocycles. The average molecular weight is 133 g/mol. The smallest absolute Gasteiger partial charge is 0.0689 e. The van der Waals surface area contributed by atoms with E-state index in [2.05, 4.69) is 24.6 Å². The van der Waals surface area contributed by atoms with Crippen molar-refractivity contribution in [3.05, 3.63) is 28.7 Å². The summed E-state index contributed by atoms with van der Waals surface area (Å²) in [4.78, 5) is 4.01. The molecule has 52 valence electrons. The highest BCUT2D eigenvalue weighted by Gasteiger charge is 1.96. The fourth-order valence-electron chi connectivity index (χ4n) is 0.784. The standard InChI is InChI=1S/C9H11N/c1-7-4-5-10-6-8(2)9(7)3/h5-6H,1-3H3. The van der Waals surface area contributed by atoms with Crippen LogP contribution in [0.2, 0.25) is 0 Å². The van der Waals surface area contributed by atoms with Gasteiger partial charge in [0.2, 0.25) is 0 Å². The van der Waals surface area contributed by atoms with Crippen molar-refractivity contribution >= 4 is 6.21 Å². The van der Waals surface area contributed by atoms with E-state index in [-0.39, 0.29) is 0 Å². The molecule has 0 saturated heterocycles. The Kier molecular flexibility index (Phi) is 1.88. The summed E-state index contributed by atoms with van der Waals surface area (Å²) in [6.45, 7) is 6.19. The summed E-state index contributed by atoms with van der Waals surface area (Å²) >= 11 is 0. The Bertz CT molecular complexity index is 260. The van der Waals surface area contributed by atoms with Gasteiger partial charge in [0.05, 0.1) is 6.20 Å². The first kappa shape index (κ1) is 7.04. The van der Waals surface area contributed by atoms with Gasteiger partial charge in [0.1, 0.15) is 0 Å². The van der Waals surface area contributed by atoms with Gasteiger partial charge in [-0.2, -0.15) is 0 Å². The van der Waals surface area contributed by atoms with E-state index in [9.17, 15) is 0 Å². The summed E-state index contributed by atoms with van der Waals surface area (Å²) in [5.41, 5.74) is 6.73. The fraction of sp³-hybridized carbons (Fsp3) is 0.333. The molecule has 1 heterocycles. The lowest BCUT2D eigenvalue weighted by atomic mass is 10.1. The summed E-state index contributed by atoms with van der Waals surface area (Å²) in [5.74, 6) is 0. The van der Waals surface area contributed by atoms with Crippen LogP contribution in [0.5, 0.6) is 0 Å². The molecule has 1 heteroatoms. The van der Waals surface area contributed by atoms with E-state index in [0.717, 1.165) is 0 Å². The van der Waals surface area contributed by atoms with Gasteiger partial charge in [-0.25, -0.2) is 0 Å². The minimum atomic E-state index is 1.18. The lowest BCUT2D eigenvalue weighted by Crippen LogP contribution is -1.84. The van der Waals surface area contributed by atoms with E-state index in [1.807, 2.05) is 13.1 Å². The molecule has 0 N–H and O–H groups in total. The van der Waals surface area contributed by atoms with Crippen LogP contribution in [-0.4, -0.2) is 6.21 Å². The van der Waals surface area contributed by atoms with E-state index in [1.165, 1.54) is 16.7 Å². The molecule has 1 rings (SSSR count). The number of nitrogens with zero attached hydrogens (tertiary/aromatic N) is 1. The third kappa shape index (κ3) is 1.26. The highest BCUT2D eigenvalue weighted by molar-refractivity contribution is 5.81. The molecule has 1 aliphatic heterocycles. The minimum absolute atomic E-state index is 1.18. The number of hydrogen-bond donors (Lipinski definition) is 0. The summed E-state index contributed by atoms with van der Waals surface area (Å²) < 4.78 is 0. The molecule has 0 aromatic rings. The van der Waals surface area contributed by atoms with Gasteiger partial charge >= 0.3 is 0 Å². The van der Waals surface area contributed by atoms with Gasteiger partial charge in [0.25, 0.3) is 0 Å². The third-order valence-corrected chi connectivity index (χ3v) is 1.78. The van der Waals surface area contributed by atoms with Gasteiger partial charge in [0, 0.05) is 6.21 Å². The molecule has 0 saturated carbocycles. The number of aliphatic imine (C=N–C) groups is 1. The molecule has 0 aromatic heterocycles. The van der Waals surface area contributed by atoms with Gasteiger partial charge < -0.3 is 0 Å². The fourth-order valence-corrected chi connectivity index (χ4v) is 0.784. The van der Waals surface area contributed by atoms with Crippen molar-refractivity contribution in [1.29, 1.82) is 0 Å². The number of rotatable bonds is 0. The van der Waals surface area contributed by atoms with Crippen LogP contribution in [0.4, 0.5) is 0 Å². The summed E-state index contributed by atoms with van der Waals surface area (Å²) in [5, 5.41) is 0. The Balaban J connectivity index is 3.18. The summed E-state index contributed by atoms with van der Waals surface area (Å²) in [6.07, 6.45) is 3.56. The highest BCUT2D eigenvalue weighted by atomic mass is 14.7. The molecule has 10 heavy (non-hydrogen) atoms. The third-order valence-electron chi connectivity index (χ3n) is 1.78. The molecule has 0 spiro atoms. The van der Waals surface area contributed by atoms with Gasteiger partial charge in [-0.05, 0) is 37.5 Å². The molecule has 0 aliphatic carbocycles. The zero-order valence-corrected chi connectivity index (χ0v) is 6.60. The van der Waals surface area contributed by atoms with E-state index in [0.29, 0.717) is 0 Å². The zero-order chi connectivity index (χ0) is 7.56. The van der Waals surface area contributed by atoms with Crippen LogP contribution in [0.1, 0.15) is 20.8 Å². The first-order valence-corrected chi connectivity index (χ1v) is 3.34. The second kappa shape index (κ2) is 2.68. The highest BCUT2D eigenvalue weighted by Crippen LogP contribution is 2.12. The van der Waals surface area contributed by atoms with Crippen LogP contribution in [0, 0.1) is 0 Å². The van der Waals surface area contributed by atoms with Crippen molar-refractivity contribution in [3.63, 3.8) is 0 Å². The van der Waals surface area contributed by atoms with Gasteiger partial charge in [-0.15, -0.1) is 0 Å². The SMILES string of the molecule is CC1=C=CN=CC(C)=C1C. The van der Waals surface area contributed by atoms with E-state index < -0.39 is 0 Å². The molecule has 0 fully saturated rings. The van der Waals surface area contributed by atoms with Crippen molar-refractivity contribution in [2.75, 3.05) is 0 Å². The van der Waals surface area contributed by atoms with Crippen LogP contribution < -0.4 is 0 Å². The minimum Gasteiger partial charge on any atom is -0.256 e. The van der Waals surface area contributed by atoms with Crippen LogP contribution in [0.3, 0.4) is 0 Å². The van der Waals surface area contributed by atoms with Crippen molar-refractivity contribution in [1.82, 2.24) is 0 Å². The average Bonchev–Trinajstić information content (AvgIpc) is 2.04. The lowest BCUT2D eigenvalue weighted by molar-refractivity contribution is 1.31. The molecule has 1 aliphatic rings. The predicted molar refractivity (Wildman–Crippen MR) is 44.1 cm³/mol. The molecular formula is C9H11N. The van der Waals surface area contributed by atoms with Crippen LogP contribution >= 0.6 is 0 Å². The van der Waals surface area contributed by atoms with Gasteiger partial charge in [-0.3, -0.25) is 4.99 Å². The molecule has 0 bridgehead atoms. The van der Waals surface area contributed by atoms with Crippen molar-refractivity contribution in [2.45, 2.75) is 20.8 Å². The summed E-state index contributed by atoms with van der Waals surface area (Å²) in [7, 11) is 0. The maximum atomic E-state index is 4.01. The molecule has 0 radical (unpaired) electrons. The second-order valence-electron chi connectivity index (χ2n) is 2.48. The molecular weight excluding hydrogens is 122 g/mol. The molecule has 0 unspecified atom stereocenters. The second-order valence-corrected chi connectivity index (χ2v) is 2.48. The van der Waals surface area contributed by atoms with Crippen LogP contribution in [-0.2, 0) is 0 Å².